The molecule has 1 saturated heterocycles. The number of benzene rings is 1. The molecular weight excluding hydrogens is 276 g/mol. The first kappa shape index (κ1) is 15.2. The van der Waals surface area contributed by atoms with E-state index in [1.165, 1.54) is 6.07 Å². The van der Waals surface area contributed by atoms with Crippen molar-refractivity contribution in [2.75, 3.05) is 6.61 Å². The number of nitro groups is 1. The van der Waals surface area contributed by atoms with Crippen molar-refractivity contribution in [1.82, 2.24) is 5.32 Å². The third kappa shape index (κ3) is 3.69. The normalized spacial score (nSPS) is 20.8. The largest absolute Gasteiger partial charge is 0.502 e. The Morgan fingerprint density at radius 2 is 2.24 bits per heavy atom. The van der Waals surface area contributed by atoms with Gasteiger partial charge in [-0.1, -0.05) is 0 Å². The zero-order valence-corrected chi connectivity index (χ0v) is 12.0. The fourth-order valence-electron chi connectivity index (χ4n) is 2.44. The quantitative estimate of drug-likeness (QED) is 0.655. The van der Waals surface area contributed by atoms with Crippen LogP contribution in [0, 0.1) is 10.1 Å². The van der Waals surface area contributed by atoms with Crippen LogP contribution in [0.1, 0.15) is 37.0 Å². The zero-order chi connectivity index (χ0) is 15.6. The van der Waals surface area contributed by atoms with Gasteiger partial charge >= 0.3 is 5.69 Å². The first-order valence-corrected chi connectivity index (χ1v) is 6.71. The summed E-state index contributed by atoms with van der Waals surface area (Å²) in [5.74, 6) is -0.872. The molecule has 1 aliphatic heterocycles. The predicted octanol–water partition coefficient (Wildman–Crippen LogP) is 1.99. The van der Waals surface area contributed by atoms with E-state index in [1.807, 2.05) is 13.8 Å². The van der Waals surface area contributed by atoms with Crippen LogP contribution >= 0.6 is 0 Å². The standard InChI is InChI=1S/C14H18N2O5/c1-14(2)8-10(5-6-21-14)15-13(18)9-3-4-11(16(19)20)12(17)7-9/h3-4,7,10,17H,5-6,8H2,1-2H3,(H,15,18). The molecule has 1 unspecified atom stereocenters. The first-order chi connectivity index (χ1) is 9.78. The molecule has 0 spiro atoms. The average Bonchev–Trinajstić information content (AvgIpc) is 2.36. The molecule has 2 rings (SSSR count). The van der Waals surface area contributed by atoms with Gasteiger partial charge in [-0.15, -0.1) is 0 Å². The second-order valence-corrected chi connectivity index (χ2v) is 5.73. The molecule has 0 saturated carbocycles. The van der Waals surface area contributed by atoms with Gasteiger partial charge in [0.2, 0.25) is 0 Å². The lowest BCUT2D eigenvalue weighted by Gasteiger charge is -2.35. The third-order valence-corrected chi connectivity index (χ3v) is 3.47. The number of phenolic OH excluding ortho intramolecular Hbond substituents is 1. The van der Waals surface area contributed by atoms with Crippen LogP contribution in [0.2, 0.25) is 0 Å². The molecule has 7 heteroatoms. The SMILES string of the molecule is CC1(C)CC(NC(=O)c2ccc([N+](=O)[O-])c(O)c2)CCO1. The van der Waals surface area contributed by atoms with Crippen molar-refractivity contribution >= 4 is 11.6 Å². The second kappa shape index (κ2) is 5.69. The van der Waals surface area contributed by atoms with E-state index in [-0.39, 0.29) is 23.1 Å². The number of ether oxygens (including phenoxy) is 1. The van der Waals surface area contributed by atoms with E-state index in [0.717, 1.165) is 12.1 Å². The van der Waals surface area contributed by atoms with Crippen molar-refractivity contribution in [3.8, 4) is 5.75 Å². The predicted molar refractivity (Wildman–Crippen MR) is 75.3 cm³/mol. The van der Waals surface area contributed by atoms with Crippen LogP contribution < -0.4 is 5.32 Å². The minimum absolute atomic E-state index is 0.0152. The maximum atomic E-state index is 12.1. The number of nitrogens with one attached hydrogen (secondary N) is 1. The zero-order valence-electron chi connectivity index (χ0n) is 12.0. The Morgan fingerprint density at radius 3 is 2.81 bits per heavy atom. The summed E-state index contributed by atoms with van der Waals surface area (Å²) in [7, 11) is 0. The second-order valence-electron chi connectivity index (χ2n) is 5.73. The topological polar surface area (TPSA) is 102 Å². The van der Waals surface area contributed by atoms with E-state index >= 15 is 0 Å². The van der Waals surface area contributed by atoms with Crippen molar-refractivity contribution in [1.29, 1.82) is 0 Å². The van der Waals surface area contributed by atoms with Crippen LogP contribution in [0.25, 0.3) is 0 Å². The van der Waals surface area contributed by atoms with Gasteiger partial charge in [0.05, 0.1) is 10.5 Å². The Balaban J connectivity index is 2.07. The molecule has 1 atom stereocenters. The maximum absolute atomic E-state index is 12.1. The van der Waals surface area contributed by atoms with Gasteiger partial charge in [-0.25, -0.2) is 0 Å². The molecule has 2 N–H and O–H groups in total. The summed E-state index contributed by atoms with van der Waals surface area (Å²) < 4.78 is 5.58. The molecule has 114 valence electrons. The molecule has 1 fully saturated rings. The van der Waals surface area contributed by atoms with Gasteiger partial charge in [-0.3, -0.25) is 14.9 Å². The van der Waals surface area contributed by atoms with Gasteiger partial charge in [0.15, 0.2) is 5.75 Å². The molecule has 0 aromatic heterocycles. The summed E-state index contributed by atoms with van der Waals surface area (Å²) in [5.41, 5.74) is -0.505. The Bertz CT molecular complexity index is 570. The minimum atomic E-state index is -0.696. The molecule has 1 aromatic carbocycles. The van der Waals surface area contributed by atoms with Crippen LogP contribution in [-0.4, -0.2) is 34.2 Å². The Morgan fingerprint density at radius 1 is 1.52 bits per heavy atom. The lowest BCUT2D eigenvalue weighted by atomic mass is 9.94. The fraction of sp³-hybridized carbons (Fsp3) is 0.500. The average molecular weight is 294 g/mol. The minimum Gasteiger partial charge on any atom is -0.502 e. The summed E-state index contributed by atoms with van der Waals surface area (Å²) >= 11 is 0. The van der Waals surface area contributed by atoms with Crippen LogP contribution in [-0.2, 0) is 4.74 Å². The summed E-state index contributed by atoms with van der Waals surface area (Å²) in [6, 6.07) is 3.55. The maximum Gasteiger partial charge on any atom is 0.310 e. The van der Waals surface area contributed by atoms with E-state index in [9.17, 15) is 20.0 Å². The van der Waals surface area contributed by atoms with Crippen molar-refractivity contribution in [3.63, 3.8) is 0 Å². The third-order valence-electron chi connectivity index (χ3n) is 3.47. The molecule has 21 heavy (non-hydrogen) atoms. The van der Waals surface area contributed by atoms with E-state index in [1.54, 1.807) is 0 Å². The Kier molecular flexibility index (Phi) is 4.13. The molecule has 0 radical (unpaired) electrons. The van der Waals surface area contributed by atoms with Crippen LogP contribution in [0.15, 0.2) is 18.2 Å². The van der Waals surface area contributed by atoms with E-state index in [0.29, 0.717) is 19.4 Å². The summed E-state index contributed by atoms with van der Waals surface area (Å²) in [6.07, 6.45) is 1.41. The van der Waals surface area contributed by atoms with Gasteiger partial charge in [0.25, 0.3) is 5.91 Å². The van der Waals surface area contributed by atoms with Crippen molar-refractivity contribution in [2.45, 2.75) is 38.3 Å². The highest BCUT2D eigenvalue weighted by atomic mass is 16.6. The van der Waals surface area contributed by atoms with E-state index in [2.05, 4.69) is 5.32 Å². The first-order valence-electron chi connectivity index (χ1n) is 6.71. The lowest BCUT2D eigenvalue weighted by molar-refractivity contribution is -0.385. The number of amides is 1. The molecule has 7 nitrogen and oxygen atoms in total. The number of carbonyl (C=O) groups is 1. The van der Waals surface area contributed by atoms with Crippen molar-refractivity contribution in [2.24, 2.45) is 0 Å². The van der Waals surface area contributed by atoms with Gasteiger partial charge < -0.3 is 15.2 Å². The fourth-order valence-corrected chi connectivity index (χ4v) is 2.44. The Labute approximate surface area is 122 Å². The molecule has 0 aliphatic carbocycles. The highest BCUT2D eigenvalue weighted by molar-refractivity contribution is 5.95. The summed E-state index contributed by atoms with van der Waals surface area (Å²) in [4.78, 5) is 22.1. The van der Waals surface area contributed by atoms with Gasteiger partial charge in [0, 0.05) is 24.3 Å². The molecule has 1 aromatic rings. The smallest absolute Gasteiger partial charge is 0.310 e. The lowest BCUT2D eigenvalue weighted by Crippen LogP contribution is -2.45. The van der Waals surface area contributed by atoms with Crippen molar-refractivity contribution < 1.29 is 19.6 Å². The number of carbonyl (C=O) groups excluding carboxylic acids is 1. The highest BCUT2D eigenvalue weighted by Gasteiger charge is 2.30. The van der Waals surface area contributed by atoms with E-state index in [4.69, 9.17) is 4.74 Å². The number of nitro benzene ring substituents is 1. The highest BCUT2D eigenvalue weighted by Crippen LogP contribution is 2.27. The van der Waals surface area contributed by atoms with E-state index < -0.39 is 16.4 Å². The van der Waals surface area contributed by atoms with Gasteiger partial charge in [-0.05, 0) is 38.8 Å². The summed E-state index contributed by atoms with van der Waals surface area (Å²) in [5, 5.41) is 23.0. The number of aromatic hydroxyl groups is 1. The van der Waals surface area contributed by atoms with Crippen LogP contribution in [0.3, 0.4) is 0 Å². The number of hydrogen-bond donors (Lipinski definition) is 2. The molecule has 1 amide bonds. The monoisotopic (exact) mass is 294 g/mol. The number of nitrogens with zero attached hydrogens (tertiary/aromatic N) is 1. The number of phenols is 1. The summed E-state index contributed by atoms with van der Waals surface area (Å²) in [6.45, 7) is 4.50. The molecule has 0 bridgehead atoms. The van der Waals surface area contributed by atoms with Gasteiger partial charge in [0.1, 0.15) is 0 Å². The van der Waals surface area contributed by atoms with Crippen LogP contribution in [0.5, 0.6) is 5.75 Å². The van der Waals surface area contributed by atoms with Crippen molar-refractivity contribution in [3.05, 3.63) is 33.9 Å². The number of rotatable bonds is 3. The number of hydrogen-bond acceptors (Lipinski definition) is 5. The van der Waals surface area contributed by atoms with Crippen LogP contribution in [0.4, 0.5) is 5.69 Å². The van der Waals surface area contributed by atoms with Gasteiger partial charge in [-0.2, -0.15) is 0 Å². The molecule has 1 heterocycles. The molecule has 1 aliphatic rings. The Hall–Kier alpha value is -2.15. The molecular formula is C14H18N2O5.